The first-order valence-electron chi connectivity index (χ1n) is 13.8. The summed E-state index contributed by atoms with van der Waals surface area (Å²) in [4.78, 5) is 35.6. The van der Waals surface area contributed by atoms with Gasteiger partial charge in [0.2, 0.25) is 0 Å². The smallest absolute Gasteiger partial charge is 0.410 e. The van der Waals surface area contributed by atoms with Crippen LogP contribution in [0.15, 0.2) is 42.7 Å². The van der Waals surface area contributed by atoms with Gasteiger partial charge < -0.3 is 25.8 Å². The quantitative estimate of drug-likeness (QED) is 0.300. The Kier molecular flexibility index (Phi) is 8.02. The predicted molar refractivity (Wildman–Crippen MR) is 156 cm³/mol. The standard InChI is InChI=1S/C30H33F2N7O4/c1-16-11-21(36-28(41)26(40)18-12-19(31)14-20(32)13-18)5-6-22(16)39-25-24(34-15-35-27(25)33)23(37-39)17-7-9-38(10-8-17)29(42)43-30(2,3)4/h5-6,11-15,17,26,40H,7-10H2,1-4H3,(H,36,41)(H2,33,34,35)/t26-/m1/s1. The molecule has 2 aromatic heterocycles. The van der Waals surface area contributed by atoms with E-state index in [1.54, 1.807) is 27.8 Å². The number of nitrogens with two attached hydrogens (primary N) is 1. The highest BCUT2D eigenvalue weighted by Gasteiger charge is 2.31. The Morgan fingerprint density at radius 1 is 1.09 bits per heavy atom. The van der Waals surface area contributed by atoms with Gasteiger partial charge in [-0.2, -0.15) is 5.10 Å². The SMILES string of the molecule is Cc1cc(NC(=O)[C@H](O)c2cc(F)cc(F)c2)ccc1-n1nc(C2CCN(C(=O)OC(C)(C)C)CC2)c2ncnc(N)c21. The molecule has 226 valence electrons. The normalized spacial score (nSPS) is 15.0. The van der Waals surface area contributed by atoms with Crippen molar-refractivity contribution < 1.29 is 28.2 Å². The van der Waals surface area contributed by atoms with E-state index in [2.05, 4.69) is 15.3 Å². The van der Waals surface area contributed by atoms with E-state index in [-0.39, 0.29) is 23.4 Å². The topological polar surface area (TPSA) is 148 Å². The molecular weight excluding hydrogens is 560 g/mol. The van der Waals surface area contributed by atoms with Crippen molar-refractivity contribution in [2.24, 2.45) is 0 Å². The maximum atomic E-state index is 13.6. The number of nitrogen functional groups attached to an aromatic ring is 1. The summed E-state index contributed by atoms with van der Waals surface area (Å²) in [5.41, 5.74) is 9.15. The third-order valence-electron chi connectivity index (χ3n) is 7.19. The molecule has 1 fully saturated rings. The van der Waals surface area contributed by atoms with Crippen LogP contribution >= 0.6 is 0 Å². The molecular formula is C30H33F2N7O4. The summed E-state index contributed by atoms with van der Waals surface area (Å²) in [6.45, 7) is 8.34. The van der Waals surface area contributed by atoms with E-state index in [1.165, 1.54) is 6.33 Å². The Morgan fingerprint density at radius 3 is 2.40 bits per heavy atom. The van der Waals surface area contributed by atoms with Crippen LogP contribution in [-0.2, 0) is 9.53 Å². The van der Waals surface area contributed by atoms with Gasteiger partial charge in [0.05, 0.1) is 11.4 Å². The summed E-state index contributed by atoms with van der Waals surface area (Å²) in [5.74, 6) is -2.38. The number of carbonyl (C=O) groups is 2. The number of likely N-dealkylation sites (tertiary alicyclic amines) is 1. The maximum absolute atomic E-state index is 13.6. The number of aromatic nitrogens is 4. The van der Waals surface area contributed by atoms with Gasteiger partial charge in [0.25, 0.3) is 5.91 Å². The number of nitrogens with one attached hydrogen (secondary N) is 1. The van der Waals surface area contributed by atoms with Crippen LogP contribution in [0, 0.1) is 18.6 Å². The second kappa shape index (κ2) is 11.6. The second-order valence-electron chi connectivity index (χ2n) is 11.6. The summed E-state index contributed by atoms with van der Waals surface area (Å²) in [6, 6.07) is 7.48. The lowest BCUT2D eigenvalue weighted by atomic mass is 9.93. The highest BCUT2D eigenvalue weighted by Crippen LogP contribution is 2.35. The van der Waals surface area contributed by atoms with Crippen LogP contribution in [-0.4, -0.2) is 60.4 Å². The molecule has 0 aliphatic carbocycles. The van der Waals surface area contributed by atoms with Crippen LogP contribution in [0.25, 0.3) is 16.7 Å². The first-order chi connectivity index (χ1) is 20.3. The van der Waals surface area contributed by atoms with Crippen molar-refractivity contribution in [3.8, 4) is 5.69 Å². The third kappa shape index (κ3) is 6.41. The van der Waals surface area contributed by atoms with Crippen molar-refractivity contribution in [2.75, 3.05) is 24.1 Å². The van der Waals surface area contributed by atoms with Crippen molar-refractivity contribution in [2.45, 2.75) is 58.2 Å². The van der Waals surface area contributed by atoms with Gasteiger partial charge in [-0.25, -0.2) is 28.2 Å². The van der Waals surface area contributed by atoms with Gasteiger partial charge in [0.1, 0.15) is 34.6 Å². The zero-order valence-corrected chi connectivity index (χ0v) is 24.3. The molecule has 0 radical (unpaired) electrons. The van der Waals surface area contributed by atoms with E-state index < -0.39 is 29.2 Å². The number of hydrogen-bond donors (Lipinski definition) is 3. The van der Waals surface area contributed by atoms with Crippen molar-refractivity contribution in [1.82, 2.24) is 24.6 Å². The van der Waals surface area contributed by atoms with Crippen LogP contribution < -0.4 is 11.1 Å². The van der Waals surface area contributed by atoms with Gasteiger partial charge >= 0.3 is 6.09 Å². The lowest BCUT2D eigenvalue weighted by Gasteiger charge is -2.32. The summed E-state index contributed by atoms with van der Waals surface area (Å²) < 4.78 is 34.3. The molecule has 4 aromatic rings. The zero-order chi connectivity index (χ0) is 31.1. The van der Waals surface area contributed by atoms with Gasteiger partial charge in [-0.15, -0.1) is 0 Å². The monoisotopic (exact) mass is 593 g/mol. The molecule has 43 heavy (non-hydrogen) atoms. The molecule has 1 aliphatic rings. The molecule has 1 aliphatic heterocycles. The highest BCUT2D eigenvalue weighted by atomic mass is 19.1. The Labute approximate surface area is 246 Å². The second-order valence-corrected chi connectivity index (χ2v) is 11.6. The number of piperidine rings is 1. The molecule has 13 heteroatoms. The minimum absolute atomic E-state index is 0.0183. The lowest BCUT2D eigenvalue weighted by Crippen LogP contribution is -2.41. The molecule has 2 aromatic carbocycles. The molecule has 2 amide bonds. The Balaban J connectivity index is 1.38. The van der Waals surface area contributed by atoms with E-state index in [0.717, 1.165) is 17.8 Å². The molecule has 1 saturated heterocycles. The first-order valence-corrected chi connectivity index (χ1v) is 13.8. The Bertz CT molecular complexity index is 1670. The predicted octanol–water partition coefficient (Wildman–Crippen LogP) is 4.77. The molecule has 0 spiro atoms. The number of aliphatic hydroxyl groups excluding tert-OH is 1. The maximum Gasteiger partial charge on any atom is 0.410 e. The minimum atomic E-state index is -1.78. The minimum Gasteiger partial charge on any atom is -0.444 e. The van der Waals surface area contributed by atoms with E-state index in [0.29, 0.717) is 60.0 Å². The molecule has 0 saturated carbocycles. The molecule has 1 atom stereocenters. The van der Waals surface area contributed by atoms with Crippen molar-refractivity contribution in [3.63, 3.8) is 0 Å². The number of hydrogen-bond acceptors (Lipinski definition) is 8. The number of benzene rings is 2. The molecule has 0 bridgehead atoms. The number of carbonyl (C=O) groups excluding carboxylic acids is 2. The number of amides is 2. The zero-order valence-electron chi connectivity index (χ0n) is 24.3. The Morgan fingerprint density at radius 2 is 1.77 bits per heavy atom. The number of ether oxygens (including phenoxy) is 1. The number of rotatable bonds is 5. The van der Waals surface area contributed by atoms with Crippen LogP contribution in [0.3, 0.4) is 0 Å². The van der Waals surface area contributed by atoms with E-state index in [1.807, 2.05) is 27.7 Å². The van der Waals surface area contributed by atoms with Gasteiger partial charge in [-0.1, -0.05) is 0 Å². The fraction of sp³-hybridized carbons (Fsp3) is 0.367. The number of anilines is 2. The van der Waals surface area contributed by atoms with Crippen molar-refractivity contribution in [3.05, 3.63) is 71.2 Å². The van der Waals surface area contributed by atoms with E-state index in [4.69, 9.17) is 15.6 Å². The summed E-state index contributed by atoms with van der Waals surface area (Å²) in [5, 5.41) is 17.8. The van der Waals surface area contributed by atoms with Crippen LogP contribution in [0.4, 0.5) is 25.1 Å². The average molecular weight is 594 g/mol. The number of aryl methyl sites for hydroxylation is 1. The van der Waals surface area contributed by atoms with Crippen LogP contribution in [0.2, 0.25) is 0 Å². The van der Waals surface area contributed by atoms with Gasteiger partial charge in [-0.3, -0.25) is 4.79 Å². The van der Waals surface area contributed by atoms with Gasteiger partial charge in [0.15, 0.2) is 11.9 Å². The fourth-order valence-corrected chi connectivity index (χ4v) is 5.17. The fourth-order valence-electron chi connectivity index (χ4n) is 5.17. The molecule has 5 rings (SSSR count). The largest absolute Gasteiger partial charge is 0.444 e. The molecule has 4 N–H and O–H groups in total. The number of aliphatic hydroxyl groups is 1. The number of halogens is 2. The Hall–Kier alpha value is -4.65. The van der Waals surface area contributed by atoms with Gasteiger partial charge in [-0.05, 0) is 82.0 Å². The van der Waals surface area contributed by atoms with Gasteiger partial charge in [0, 0.05) is 30.8 Å². The third-order valence-corrected chi connectivity index (χ3v) is 7.19. The summed E-state index contributed by atoms with van der Waals surface area (Å²) >= 11 is 0. The van der Waals surface area contributed by atoms with Crippen molar-refractivity contribution in [1.29, 1.82) is 0 Å². The average Bonchev–Trinajstić information content (AvgIpc) is 3.32. The lowest BCUT2D eigenvalue weighted by molar-refractivity contribution is -0.124. The summed E-state index contributed by atoms with van der Waals surface area (Å²) in [6.07, 6.45) is 0.602. The molecule has 3 heterocycles. The van der Waals surface area contributed by atoms with E-state index >= 15 is 0 Å². The van der Waals surface area contributed by atoms with Crippen LogP contribution in [0.1, 0.15) is 62.5 Å². The van der Waals surface area contributed by atoms with E-state index in [9.17, 15) is 23.5 Å². The molecule has 0 unspecified atom stereocenters. The first kappa shape index (κ1) is 29.8. The van der Waals surface area contributed by atoms with Crippen molar-refractivity contribution >= 4 is 34.5 Å². The van der Waals surface area contributed by atoms with Crippen LogP contribution in [0.5, 0.6) is 0 Å². The summed E-state index contributed by atoms with van der Waals surface area (Å²) in [7, 11) is 0. The highest BCUT2D eigenvalue weighted by molar-refractivity contribution is 5.95. The number of nitrogens with zero attached hydrogens (tertiary/aromatic N) is 5. The number of fused-ring (bicyclic) bond motifs is 1. The molecule has 11 nitrogen and oxygen atoms in total.